The van der Waals surface area contributed by atoms with E-state index in [1.807, 2.05) is 0 Å². The molecule has 7 aromatic rings. The van der Waals surface area contributed by atoms with Crippen LogP contribution in [-0.4, -0.2) is 55.6 Å². The fraction of sp³-hybridized carbons (Fsp3) is 0.0682. The fourth-order valence-corrected chi connectivity index (χ4v) is 10.5. The molecule has 0 aliphatic rings. The number of aryl methyl sites for hydroxylation is 1. The van der Waals surface area contributed by atoms with E-state index in [-0.39, 0.29) is 270 Å². The second-order valence-electron chi connectivity index (χ2n) is 15.4. The summed E-state index contributed by atoms with van der Waals surface area (Å²) in [5.41, 5.74) is -2.28. The third kappa shape index (κ3) is 21.8. The van der Waals surface area contributed by atoms with Crippen molar-refractivity contribution in [1.82, 2.24) is 0 Å². The number of anilines is 3. The predicted octanol–water partition coefficient (Wildman–Crippen LogP) is -14.2. The standard InChI is InChI=1S/C44H33N3O25S6.6Na/c1-19-4-32(77(57,58)59)12-23-10-29(74-70-66-54)14-34(39(19)23)45-42(50)25-5-26(43(51)46-35-15-28(73-69-65-53)8-22-9-30(75-71-67-55)16-37(40(22)35)63-20(2)48)7-27(6-25)44(52)47-36-18-33(78(60,61)62)13-24-11-31(76-72-68-56)17-38(41(24)36)64-21(3)49;;;;;;/h4-18,53-56H,1-3H3,(H,45,50)(H,46,51)(H,47,52)(H,57,58,59)(H,60,61,62);;;;;;/q;6*+1/p-6. The first kappa shape index (κ1) is 81.4. The molecule has 0 radical (unpaired) electrons. The van der Waals surface area contributed by atoms with Gasteiger partial charge in [-0.25, -0.2) is 16.8 Å². The largest absolute Gasteiger partial charge is 1.00 e. The summed E-state index contributed by atoms with van der Waals surface area (Å²) in [6.07, 6.45) is 0. The van der Waals surface area contributed by atoms with Crippen molar-refractivity contribution in [3.05, 3.63) is 113 Å². The molecule has 7 aromatic carbocycles. The van der Waals surface area contributed by atoms with E-state index in [1.54, 1.807) is 0 Å². The molecule has 0 saturated heterocycles. The van der Waals surface area contributed by atoms with Gasteiger partial charge in [0.15, 0.2) is 0 Å². The number of hydrogen-bond donors (Lipinski definition) is 3. The summed E-state index contributed by atoms with van der Waals surface area (Å²) in [6.45, 7) is 3.44. The van der Waals surface area contributed by atoms with Crippen LogP contribution in [0.3, 0.4) is 0 Å². The molecule has 0 saturated carbocycles. The van der Waals surface area contributed by atoms with E-state index in [0.29, 0.717) is 36.1 Å². The molecule has 0 aliphatic heterocycles. The van der Waals surface area contributed by atoms with Crippen molar-refractivity contribution in [2.24, 2.45) is 0 Å². The van der Waals surface area contributed by atoms with Gasteiger partial charge in [0.25, 0.3) is 17.7 Å². The van der Waals surface area contributed by atoms with Crippen molar-refractivity contribution in [3.63, 3.8) is 0 Å². The Bertz CT molecular complexity index is 3820. The van der Waals surface area contributed by atoms with E-state index in [0.717, 1.165) is 62.4 Å². The minimum Gasteiger partial charge on any atom is -0.744 e. The third-order valence-electron chi connectivity index (χ3n) is 10.3. The summed E-state index contributed by atoms with van der Waals surface area (Å²) >= 11 is 1.34. The van der Waals surface area contributed by atoms with E-state index >= 15 is 0 Å². The number of carbonyl (C=O) groups is 5. The van der Waals surface area contributed by atoms with Crippen LogP contribution in [0, 0.1) is 6.92 Å². The van der Waals surface area contributed by atoms with Gasteiger partial charge in [0.1, 0.15) is 31.7 Å². The first-order valence-corrected chi connectivity index (χ1v) is 26.5. The van der Waals surface area contributed by atoms with Crippen molar-refractivity contribution >= 4 is 147 Å². The van der Waals surface area contributed by atoms with Gasteiger partial charge >= 0.3 is 189 Å². The van der Waals surface area contributed by atoms with Gasteiger partial charge in [0.2, 0.25) is 0 Å². The second kappa shape index (κ2) is 37.1. The smallest absolute Gasteiger partial charge is 0.744 e. The second-order valence-corrected chi connectivity index (χ2v) is 21.3. The quantitative estimate of drug-likeness (QED) is 0.0108. The zero-order chi connectivity index (χ0) is 56.6. The number of nitrogens with one attached hydrogen (secondary N) is 3. The van der Waals surface area contributed by atoms with E-state index in [4.69, 9.17) is 9.47 Å². The number of carbonyl (C=O) groups excluding carboxylic acids is 5. The van der Waals surface area contributed by atoms with Crippen LogP contribution in [0.5, 0.6) is 11.5 Å². The maximum Gasteiger partial charge on any atom is 1.00 e. The van der Waals surface area contributed by atoms with Gasteiger partial charge in [-0.2, -0.15) is 17.3 Å². The summed E-state index contributed by atoms with van der Waals surface area (Å²) in [7, 11) is -10.4. The topological polar surface area (TPSA) is 420 Å². The van der Waals surface area contributed by atoms with Crippen LogP contribution >= 0.6 is 48.2 Å². The number of fused-ring (bicyclic) bond motifs is 3. The molecule has 0 aliphatic carbocycles. The molecule has 0 spiro atoms. The summed E-state index contributed by atoms with van der Waals surface area (Å²) in [5, 5.41) is 64.1. The molecule has 7 rings (SSSR count). The van der Waals surface area contributed by atoms with Crippen molar-refractivity contribution < 1.29 is 295 Å². The third-order valence-corrected chi connectivity index (χ3v) is 14.1. The fourth-order valence-electron chi connectivity index (χ4n) is 7.58. The van der Waals surface area contributed by atoms with E-state index < -0.39 is 82.1 Å². The van der Waals surface area contributed by atoms with Crippen molar-refractivity contribution in [3.8, 4) is 11.5 Å². The minimum absolute atomic E-state index is 0. The van der Waals surface area contributed by atoms with Crippen LogP contribution in [0.15, 0.2) is 120 Å². The van der Waals surface area contributed by atoms with Crippen LogP contribution in [0.2, 0.25) is 0 Å². The van der Waals surface area contributed by atoms with Crippen molar-refractivity contribution in [2.75, 3.05) is 16.0 Å². The average molecular weight is 1330 g/mol. The Kier molecular flexibility index (Phi) is 35.9. The van der Waals surface area contributed by atoms with E-state index in [1.165, 1.54) is 49.4 Å². The molecule has 0 aromatic heterocycles. The first-order valence-electron chi connectivity index (χ1n) is 20.7. The Balaban J connectivity index is 0.00000588. The van der Waals surface area contributed by atoms with Crippen LogP contribution in [0.4, 0.5) is 17.1 Å². The number of benzene rings is 7. The number of amides is 3. The molecule has 0 fully saturated rings. The normalized spacial score (nSPS) is 10.9. The minimum atomic E-state index is -5.35. The molecule has 40 heteroatoms. The van der Waals surface area contributed by atoms with E-state index in [9.17, 15) is 70.9 Å². The number of ether oxygens (including phenoxy) is 2. The molecule has 0 heterocycles. The van der Waals surface area contributed by atoms with Gasteiger partial charge < -0.3 is 55.6 Å². The van der Waals surface area contributed by atoms with Gasteiger partial charge in [-0.05, 0) is 120 Å². The Morgan fingerprint density at radius 1 is 0.405 bits per heavy atom. The number of esters is 2. The maximum absolute atomic E-state index is 14.7. The molecule has 3 N–H and O–H groups in total. The van der Waals surface area contributed by atoms with Crippen LogP contribution in [-0.2, 0) is 67.3 Å². The van der Waals surface area contributed by atoms with E-state index in [2.05, 4.69) is 53.4 Å². The number of rotatable bonds is 22. The molecule has 0 bridgehead atoms. The first-order chi connectivity index (χ1) is 37.0. The maximum atomic E-state index is 14.7. The zero-order valence-corrected chi connectivity index (χ0v) is 61.7. The summed E-state index contributed by atoms with van der Waals surface area (Å²) in [4.78, 5) is 67.1. The van der Waals surface area contributed by atoms with Gasteiger partial charge in [-0.15, -0.1) is 0 Å². The Labute approximate surface area is 624 Å². The van der Waals surface area contributed by atoms with Crippen LogP contribution in [0.1, 0.15) is 50.5 Å². The molecular weight excluding hydrogens is 1300 g/mol. The molecule has 0 unspecified atom stereocenters. The molecular formula is C44H27N3Na6O25S6. The zero-order valence-electron chi connectivity index (χ0n) is 44.8. The van der Waals surface area contributed by atoms with Gasteiger partial charge in [0.05, 0.1) is 75.0 Å². The average Bonchev–Trinajstić information content (AvgIpc) is 3.57. The summed E-state index contributed by atoms with van der Waals surface area (Å²) in [5.74, 6) is -5.90. The van der Waals surface area contributed by atoms with Crippen molar-refractivity contribution in [1.29, 1.82) is 0 Å². The predicted molar refractivity (Wildman–Crippen MR) is 258 cm³/mol. The summed E-state index contributed by atoms with van der Waals surface area (Å²) < 4.78 is 102. The molecule has 410 valence electrons. The molecule has 0 atom stereocenters. The van der Waals surface area contributed by atoms with Crippen LogP contribution in [0.25, 0.3) is 32.3 Å². The Morgan fingerprint density at radius 2 is 0.690 bits per heavy atom. The Morgan fingerprint density at radius 3 is 1.01 bits per heavy atom. The van der Waals surface area contributed by atoms with Crippen LogP contribution < -0.4 is 224 Å². The summed E-state index contributed by atoms with van der Waals surface area (Å²) in [6, 6.07) is 16.5. The van der Waals surface area contributed by atoms with Crippen molar-refractivity contribution in [2.45, 2.75) is 50.1 Å². The van der Waals surface area contributed by atoms with Gasteiger partial charge in [-0.1, -0.05) is 0 Å². The Hall–Kier alpha value is -0.590. The molecule has 84 heavy (non-hydrogen) atoms. The monoisotopic (exact) mass is 1330 g/mol. The molecule has 3 amide bonds. The molecule has 28 nitrogen and oxygen atoms in total. The SMILES string of the molecule is CC(=O)Oc1cc(SOO[O-])cc2cc(SOO[O-])cc(NC(=O)c3cc(C(=O)Nc4cc(SOO[O-])cc5cc(S(=O)(=O)[O-])cc(C)c45)cc(C(=O)Nc4cc(S(=O)(=O)[O-])cc5cc(SOO[O-])cc(OC(C)=O)c45)c3)c12.[Na+].[Na+].[Na+].[Na+].[Na+].[Na+]. The number of hydrogen-bond acceptors (Lipinski definition) is 29. The van der Waals surface area contributed by atoms with Gasteiger partial charge in [-0.3, -0.25) is 44.1 Å². The van der Waals surface area contributed by atoms with Gasteiger partial charge in [0, 0.05) is 66.3 Å².